The summed E-state index contributed by atoms with van der Waals surface area (Å²) in [7, 11) is -1.60. The zero-order chi connectivity index (χ0) is 13.9. The summed E-state index contributed by atoms with van der Waals surface area (Å²) in [6, 6.07) is 5.35. The van der Waals surface area contributed by atoms with Gasteiger partial charge in [-0.1, -0.05) is 6.07 Å². The number of nitrogens with one attached hydrogen (secondary N) is 2. The molecule has 2 aromatic heterocycles. The lowest BCUT2D eigenvalue weighted by atomic mass is 10.3. The van der Waals surface area contributed by atoms with E-state index < -0.39 is 10.0 Å². The highest BCUT2D eigenvalue weighted by Gasteiger charge is 2.20. The lowest BCUT2D eigenvalue weighted by molar-refractivity contribution is 0.570. The Labute approximate surface area is 121 Å². The van der Waals surface area contributed by atoms with E-state index in [-0.39, 0.29) is 6.04 Å². The standard InChI is InChI=1S/C12H16N2O2S3/c1-9(11-4-3-5-17-11)14-19(15,16)12-6-10(7-13-2)8-18-12/h3-6,8-9,13-14H,7H2,1-2H3. The molecule has 0 aromatic carbocycles. The molecule has 2 rings (SSSR count). The fourth-order valence-corrected chi connectivity index (χ4v) is 4.94. The molecule has 7 heteroatoms. The molecule has 2 aromatic rings. The van der Waals surface area contributed by atoms with Crippen LogP contribution in [0.2, 0.25) is 0 Å². The molecule has 2 N–H and O–H groups in total. The highest BCUT2D eigenvalue weighted by Crippen LogP contribution is 2.24. The Morgan fingerprint density at radius 2 is 2.16 bits per heavy atom. The number of thiophene rings is 2. The molecule has 2 heterocycles. The second kappa shape index (κ2) is 6.15. The highest BCUT2D eigenvalue weighted by molar-refractivity contribution is 7.91. The van der Waals surface area contributed by atoms with Gasteiger partial charge in [0.15, 0.2) is 0 Å². The van der Waals surface area contributed by atoms with Crippen LogP contribution in [0.3, 0.4) is 0 Å². The Hall–Kier alpha value is -0.730. The third kappa shape index (κ3) is 3.64. The molecule has 1 unspecified atom stereocenters. The molecular formula is C12H16N2O2S3. The molecule has 0 radical (unpaired) electrons. The van der Waals surface area contributed by atoms with E-state index in [0.29, 0.717) is 10.8 Å². The van der Waals surface area contributed by atoms with E-state index in [1.54, 1.807) is 17.4 Å². The molecule has 0 aliphatic heterocycles. The van der Waals surface area contributed by atoms with Crippen molar-refractivity contribution in [1.82, 2.24) is 10.0 Å². The van der Waals surface area contributed by atoms with Crippen LogP contribution in [0.25, 0.3) is 0 Å². The van der Waals surface area contributed by atoms with Crippen molar-refractivity contribution in [2.75, 3.05) is 7.05 Å². The normalized spacial score (nSPS) is 13.6. The molecule has 0 saturated heterocycles. The van der Waals surface area contributed by atoms with E-state index in [0.717, 1.165) is 10.4 Å². The smallest absolute Gasteiger partial charge is 0.250 e. The topological polar surface area (TPSA) is 58.2 Å². The Morgan fingerprint density at radius 1 is 1.37 bits per heavy atom. The van der Waals surface area contributed by atoms with Gasteiger partial charge in [0, 0.05) is 11.4 Å². The molecular weight excluding hydrogens is 300 g/mol. The van der Waals surface area contributed by atoms with Crippen LogP contribution in [0.1, 0.15) is 23.4 Å². The molecule has 0 fully saturated rings. The summed E-state index contributed by atoms with van der Waals surface area (Å²) in [6.07, 6.45) is 0. The van der Waals surface area contributed by atoms with E-state index in [1.807, 2.05) is 36.9 Å². The third-order valence-electron chi connectivity index (χ3n) is 2.58. The van der Waals surface area contributed by atoms with E-state index >= 15 is 0 Å². The lowest BCUT2D eigenvalue weighted by Crippen LogP contribution is -2.25. The van der Waals surface area contributed by atoms with Crippen LogP contribution >= 0.6 is 22.7 Å². The number of hydrogen-bond acceptors (Lipinski definition) is 5. The van der Waals surface area contributed by atoms with Crippen molar-refractivity contribution in [1.29, 1.82) is 0 Å². The summed E-state index contributed by atoms with van der Waals surface area (Å²) in [5, 5.41) is 6.81. The Bertz CT molecular complexity index is 617. The Balaban J connectivity index is 2.13. The number of rotatable bonds is 6. The van der Waals surface area contributed by atoms with Gasteiger partial charge in [-0.25, -0.2) is 13.1 Å². The molecule has 0 amide bonds. The molecule has 0 aliphatic rings. The van der Waals surface area contributed by atoms with Crippen LogP contribution in [-0.4, -0.2) is 15.5 Å². The maximum Gasteiger partial charge on any atom is 0.250 e. The van der Waals surface area contributed by atoms with Gasteiger partial charge >= 0.3 is 0 Å². The minimum absolute atomic E-state index is 0.208. The monoisotopic (exact) mass is 316 g/mol. The van der Waals surface area contributed by atoms with E-state index in [1.165, 1.54) is 11.3 Å². The maximum absolute atomic E-state index is 12.2. The SMILES string of the molecule is CNCc1csc(S(=O)(=O)NC(C)c2cccs2)c1. The van der Waals surface area contributed by atoms with Gasteiger partial charge in [0.2, 0.25) is 0 Å². The summed E-state index contributed by atoms with van der Waals surface area (Å²) < 4.78 is 27.5. The van der Waals surface area contributed by atoms with Crippen LogP contribution in [0.4, 0.5) is 0 Å². The van der Waals surface area contributed by atoms with Crippen molar-refractivity contribution in [2.24, 2.45) is 0 Å². The van der Waals surface area contributed by atoms with Crippen LogP contribution in [0.15, 0.2) is 33.2 Å². The zero-order valence-corrected chi connectivity index (χ0v) is 13.2. The molecule has 0 aliphatic carbocycles. The quantitative estimate of drug-likeness (QED) is 0.861. The first-order valence-corrected chi connectivity index (χ1v) is 9.05. The first-order chi connectivity index (χ1) is 9.03. The first kappa shape index (κ1) is 14.7. The second-order valence-electron chi connectivity index (χ2n) is 4.16. The molecule has 0 saturated carbocycles. The minimum atomic E-state index is -3.44. The van der Waals surface area contributed by atoms with Crippen molar-refractivity contribution < 1.29 is 8.42 Å². The molecule has 0 spiro atoms. The van der Waals surface area contributed by atoms with Crippen LogP contribution in [0.5, 0.6) is 0 Å². The molecule has 4 nitrogen and oxygen atoms in total. The van der Waals surface area contributed by atoms with Crippen molar-refractivity contribution in [2.45, 2.75) is 23.7 Å². The summed E-state index contributed by atoms with van der Waals surface area (Å²) >= 11 is 2.80. The van der Waals surface area contributed by atoms with Crippen LogP contribution in [-0.2, 0) is 16.6 Å². The van der Waals surface area contributed by atoms with Crippen molar-refractivity contribution in [3.8, 4) is 0 Å². The number of sulfonamides is 1. The minimum Gasteiger partial charge on any atom is -0.316 e. The van der Waals surface area contributed by atoms with Crippen molar-refractivity contribution in [3.63, 3.8) is 0 Å². The van der Waals surface area contributed by atoms with Gasteiger partial charge in [-0.15, -0.1) is 22.7 Å². The van der Waals surface area contributed by atoms with Gasteiger partial charge < -0.3 is 5.32 Å². The molecule has 1 atom stereocenters. The van der Waals surface area contributed by atoms with Crippen molar-refractivity contribution >= 4 is 32.7 Å². The molecule has 104 valence electrons. The van der Waals surface area contributed by atoms with E-state index in [4.69, 9.17) is 0 Å². The van der Waals surface area contributed by atoms with Gasteiger partial charge in [0.05, 0.1) is 6.04 Å². The van der Waals surface area contributed by atoms with E-state index in [9.17, 15) is 8.42 Å². The second-order valence-corrected chi connectivity index (χ2v) is 7.99. The Morgan fingerprint density at radius 3 is 2.79 bits per heavy atom. The first-order valence-electron chi connectivity index (χ1n) is 5.80. The molecule has 0 bridgehead atoms. The largest absolute Gasteiger partial charge is 0.316 e. The van der Waals surface area contributed by atoms with E-state index in [2.05, 4.69) is 10.0 Å². The highest BCUT2D eigenvalue weighted by atomic mass is 32.2. The summed E-state index contributed by atoms with van der Waals surface area (Å²) in [5.74, 6) is 0. The predicted octanol–water partition coefficient (Wildman–Crippen LogP) is 2.57. The summed E-state index contributed by atoms with van der Waals surface area (Å²) in [6.45, 7) is 2.53. The lowest BCUT2D eigenvalue weighted by Gasteiger charge is -2.11. The van der Waals surface area contributed by atoms with Gasteiger partial charge in [0.25, 0.3) is 10.0 Å². The summed E-state index contributed by atoms with van der Waals surface area (Å²) in [5.41, 5.74) is 0.983. The average molecular weight is 316 g/mol. The van der Waals surface area contributed by atoms with Gasteiger partial charge in [-0.3, -0.25) is 0 Å². The molecule has 19 heavy (non-hydrogen) atoms. The van der Waals surface area contributed by atoms with Gasteiger partial charge in [-0.05, 0) is 42.4 Å². The summed E-state index contributed by atoms with van der Waals surface area (Å²) in [4.78, 5) is 1.01. The fourth-order valence-electron chi connectivity index (χ4n) is 1.68. The fraction of sp³-hybridized carbons (Fsp3) is 0.333. The van der Waals surface area contributed by atoms with Gasteiger partial charge in [0.1, 0.15) is 4.21 Å². The average Bonchev–Trinajstić information content (AvgIpc) is 2.99. The van der Waals surface area contributed by atoms with Crippen LogP contribution < -0.4 is 10.0 Å². The Kier molecular flexibility index (Phi) is 4.75. The van der Waals surface area contributed by atoms with Gasteiger partial charge in [-0.2, -0.15) is 0 Å². The van der Waals surface area contributed by atoms with Crippen molar-refractivity contribution in [3.05, 3.63) is 39.4 Å². The number of hydrogen-bond donors (Lipinski definition) is 2. The third-order valence-corrected chi connectivity index (χ3v) is 6.66. The predicted molar refractivity (Wildman–Crippen MR) is 80.1 cm³/mol. The zero-order valence-electron chi connectivity index (χ0n) is 10.7. The van der Waals surface area contributed by atoms with Crippen LogP contribution in [0, 0.1) is 0 Å². The maximum atomic E-state index is 12.2.